The van der Waals surface area contributed by atoms with E-state index in [0.29, 0.717) is 11.4 Å². The predicted octanol–water partition coefficient (Wildman–Crippen LogP) is 3.38. The van der Waals surface area contributed by atoms with Gasteiger partial charge >= 0.3 is 0 Å². The number of benzene rings is 1. The van der Waals surface area contributed by atoms with Gasteiger partial charge in [0.1, 0.15) is 0 Å². The highest BCUT2D eigenvalue weighted by atomic mass is 35.5. The molecule has 1 aromatic heterocycles. The molecular formula is C13H13ClN2O2. The second kappa shape index (κ2) is 4.74. The van der Waals surface area contributed by atoms with Crippen LogP contribution >= 0.6 is 11.6 Å². The normalized spacial score (nSPS) is 10.4. The Bertz CT molecular complexity index is 605. The van der Waals surface area contributed by atoms with Gasteiger partial charge in [-0.2, -0.15) is 0 Å². The molecule has 1 aromatic carbocycles. The van der Waals surface area contributed by atoms with Gasteiger partial charge < -0.3 is 15.5 Å². The standard InChI is InChI=1S/C13H13ClN2O2/c1-7-3-4-10(15)11(8(7)2)16-13(17)9-5-6-18-12(9)14/h3-6H,15H2,1-2H3,(H,16,17). The molecule has 0 radical (unpaired) electrons. The van der Waals surface area contributed by atoms with Crippen LogP contribution in [-0.4, -0.2) is 5.91 Å². The molecule has 0 aliphatic heterocycles. The quantitative estimate of drug-likeness (QED) is 0.817. The van der Waals surface area contributed by atoms with Crippen LogP contribution in [0.1, 0.15) is 21.5 Å². The number of carbonyl (C=O) groups excluding carboxylic acids is 1. The third kappa shape index (κ3) is 2.19. The predicted molar refractivity (Wildman–Crippen MR) is 72.0 cm³/mol. The van der Waals surface area contributed by atoms with Crippen LogP contribution in [0, 0.1) is 13.8 Å². The molecule has 0 bridgehead atoms. The van der Waals surface area contributed by atoms with Crippen molar-refractivity contribution in [3.8, 4) is 0 Å². The Hall–Kier alpha value is -1.94. The van der Waals surface area contributed by atoms with Crippen molar-refractivity contribution in [2.45, 2.75) is 13.8 Å². The Morgan fingerprint density at radius 1 is 1.33 bits per heavy atom. The SMILES string of the molecule is Cc1ccc(N)c(NC(=O)c2ccoc2Cl)c1C. The molecule has 0 spiro atoms. The minimum atomic E-state index is -0.339. The zero-order valence-electron chi connectivity index (χ0n) is 10.1. The molecule has 5 heteroatoms. The van der Waals surface area contributed by atoms with Crippen LogP contribution in [0.3, 0.4) is 0 Å². The van der Waals surface area contributed by atoms with Crippen molar-refractivity contribution in [2.24, 2.45) is 0 Å². The molecular weight excluding hydrogens is 252 g/mol. The van der Waals surface area contributed by atoms with Crippen molar-refractivity contribution >= 4 is 28.9 Å². The highest BCUT2D eigenvalue weighted by molar-refractivity contribution is 6.32. The van der Waals surface area contributed by atoms with Crippen LogP contribution in [0.2, 0.25) is 5.22 Å². The van der Waals surface area contributed by atoms with E-state index in [4.69, 9.17) is 21.8 Å². The fraction of sp³-hybridized carbons (Fsp3) is 0.154. The number of amides is 1. The number of nitrogens with two attached hydrogens (primary N) is 1. The van der Waals surface area contributed by atoms with Crippen LogP contribution < -0.4 is 11.1 Å². The first-order valence-electron chi connectivity index (χ1n) is 5.40. The number of furan rings is 1. The van der Waals surface area contributed by atoms with Gasteiger partial charge in [0.2, 0.25) is 5.22 Å². The largest absolute Gasteiger partial charge is 0.452 e. The fourth-order valence-corrected chi connectivity index (χ4v) is 1.84. The summed E-state index contributed by atoms with van der Waals surface area (Å²) in [6.45, 7) is 3.85. The number of rotatable bonds is 2. The van der Waals surface area contributed by atoms with Crippen LogP contribution in [0.25, 0.3) is 0 Å². The van der Waals surface area contributed by atoms with Crippen molar-refractivity contribution < 1.29 is 9.21 Å². The third-order valence-electron chi connectivity index (χ3n) is 2.87. The molecule has 94 valence electrons. The number of carbonyl (C=O) groups is 1. The number of halogens is 1. The molecule has 1 heterocycles. The van der Waals surface area contributed by atoms with Gasteiger partial charge in [0, 0.05) is 0 Å². The molecule has 2 rings (SSSR count). The summed E-state index contributed by atoms with van der Waals surface area (Å²) in [5.41, 5.74) is 9.26. The topological polar surface area (TPSA) is 68.3 Å². The van der Waals surface area contributed by atoms with E-state index >= 15 is 0 Å². The second-order valence-electron chi connectivity index (χ2n) is 4.03. The maximum absolute atomic E-state index is 12.0. The summed E-state index contributed by atoms with van der Waals surface area (Å²) in [6, 6.07) is 5.18. The monoisotopic (exact) mass is 264 g/mol. The van der Waals surface area contributed by atoms with E-state index in [0.717, 1.165) is 11.1 Å². The summed E-state index contributed by atoms with van der Waals surface area (Å²) in [7, 11) is 0. The minimum Gasteiger partial charge on any atom is -0.452 e. The Morgan fingerprint density at radius 3 is 2.67 bits per heavy atom. The Balaban J connectivity index is 2.33. The minimum absolute atomic E-state index is 0.0661. The summed E-state index contributed by atoms with van der Waals surface area (Å²) in [5, 5.41) is 2.82. The lowest BCUT2D eigenvalue weighted by atomic mass is 10.1. The van der Waals surface area contributed by atoms with Gasteiger partial charge in [0.05, 0.1) is 23.2 Å². The maximum atomic E-state index is 12.0. The smallest absolute Gasteiger partial charge is 0.260 e. The lowest BCUT2D eigenvalue weighted by Crippen LogP contribution is -2.14. The number of aryl methyl sites for hydroxylation is 1. The molecule has 18 heavy (non-hydrogen) atoms. The molecule has 2 aromatic rings. The maximum Gasteiger partial charge on any atom is 0.260 e. The zero-order chi connectivity index (χ0) is 13.3. The lowest BCUT2D eigenvalue weighted by molar-refractivity contribution is 0.102. The molecule has 0 unspecified atom stereocenters. The first kappa shape index (κ1) is 12.5. The number of hydrogen-bond donors (Lipinski definition) is 2. The van der Waals surface area contributed by atoms with E-state index in [1.807, 2.05) is 19.9 Å². The summed E-state index contributed by atoms with van der Waals surface area (Å²) in [5.74, 6) is -0.339. The first-order chi connectivity index (χ1) is 8.50. The van der Waals surface area contributed by atoms with Gasteiger partial charge in [-0.3, -0.25) is 4.79 Å². The highest BCUT2D eigenvalue weighted by Crippen LogP contribution is 2.27. The summed E-state index contributed by atoms with van der Waals surface area (Å²) < 4.78 is 4.88. The molecule has 3 N–H and O–H groups in total. The van der Waals surface area contributed by atoms with Crippen molar-refractivity contribution in [3.05, 3.63) is 46.4 Å². The molecule has 0 saturated carbocycles. The Morgan fingerprint density at radius 2 is 2.06 bits per heavy atom. The summed E-state index contributed by atoms with van der Waals surface area (Å²) in [4.78, 5) is 12.0. The molecule has 1 amide bonds. The van der Waals surface area contributed by atoms with E-state index in [1.54, 1.807) is 6.07 Å². The van der Waals surface area contributed by atoms with Crippen LogP contribution in [-0.2, 0) is 0 Å². The van der Waals surface area contributed by atoms with Crippen LogP contribution in [0.5, 0.6) is 0 Å². The van der Waals surface area contributed by atoms with Crippen LogP contribution in [0.4, 0.5) is 11.4 Å². The van der Waals surface area contributed by atoms with Gasteiger partial charge in [-0.05, 0) is 48.7 Å². The van der Waals surface area contributed by atoms with Gasteiger partial charge in [-0.25, -0.2) is 0 Å². The number of hydrogen-bond acceptors (Lipinski definition) is 3. The van der Waals surface area contributed by atoms with E-state index in [9.17, 15) is 4.79 Å². The van der Waals surface area contributed by atoms with Crippen molar-refractivity contribution in [1.82, 2.24) is 0 Å². The molecule has 4 nitrogen and oxygen atoms in total. The number of nitrogens with one attached hydrogen (secondary N) is 1. The average Bonchev–Trinajstić information content (AvgIpc) is 2.76. The second-order valence-corrected chi connectivity index (χ2v) is 4.38. The molecule has 0 saturated heterocycles. The molecule has 0 aliphatic rings. The number of nitrogen functional groups attached to an aromatic ring is 1. The lowest BCUT2D eigenvalue weighted by Gasteiger charge is -2.12. The highest BCUT2D eigenvalue weighted by Gasteiger charge is 2.15. The van der Waals surface area contributed by atoms with Gasteiger partial charge in [0.25, 0.3) is 5.91 Å². The van der Waals surface area contributed by atoms with Crippen LogP contribution in [0.15, 0.2) is 28.9 Å². The molecule has 0 fully saturated rings. The van der Waals surface area contributed by atoms with Gasteiger partial charge in [0.15, 0.2) is 0 Å². The summed E-state index contributed by atoms with van der Waals surface area (Å²) >= 11 is 5.75. The summed E-state index contributed by atoms with van der Waals surface area (Å²) in [6.07, 6.45) is 1.36. The molecule has 0 atom stereocenters. The average molecular weight is 265 g/mol. The van der Waals surface area contributed by atoms with E-state index in [2.05, 4.69) is 5.32 Å². The fourth-order valence-electron chi connectivity index (χ4n) is 1.64. The van der Waals surface area contributed by atoms with Crippen molar-refractivity contribution in [3.63, 3.8) is 0 Å². The van der Waals surface area contributed by atoms with Gasteiger partial charge in [-0.15, -0.1) is 0 Å². The van der Waals surface area contributed by atoms with E-state index in [1.165, 1.54) is 12.3 Å². The van der Waals surface area contributed by atoms with Crippen molar-refractivity contribution in [1.29, 1.82) is 0 Å². The zero-order valence-corrected chi connectivity index (χ0v) is 10.8. The third-order valence-corrected chi connectivity index (χ3v) is 3.16. The Labute approximate surface area is 110 Å². The molecule has 0 aliphatic carbocycles. The first-order valence-corrected chi connectivity index (χ1v) is 5.78. The Kier molecular flexibility index (Phi) is 3.30. The van der Waals surface area contributed by atoms with E-state index < -0.39 is 0 Å². The van der Waals surface area contributed by atoms with Gasteiger partial charge in [-0.1, -0.05) is 6.07 Å². The van der Waals surface area contributed by atoms with Crippen molar-refractivity contribution in [2.75, 3.05) is 11.1 Å². The number of anilines is 2. The van der Waals surface area contributed by atoms with E-state index in [-0.39, 0.29) is 16.7 Å².